The van der Waals surface area contributed by atoms with Gasteiger partial charge in [0.25, 0.3) is 0 Å². The molecular weight excluding hydrogens is 218 g/mol. The monoisotopic (exact) mass is 231 g/mol. The number of hydrogen-bond donors (Lipinski definition) is 0. The van der Waals surface area contributed by atoms with E-state index in [9.17, 15) is 0 Å². The summed E-state index contributed by atoms with van der Waals surface area (Å²) in [5.74, 6) is 0. The van der Waals surface area contributed by atoms with E-state index >= 15 is 0 Å². The topological polar surface area (TPSA) is 18.8 Å². The van der Waals surface area contributed by atoms with E-state index < -0.39 is 0 Å². The van der Waals surface area contributed by atoms with Crippen molar-refractivity contribution in [1.29, 1.82) is 0 Å². The normalized spacial score (nSPS) is 19.3. The molecule has 0 saturated heterocycles. The fourth-order valence-electron chi connectivity index (χ4n) is 1.91. The lowest BCUT2D eigenvalue weighted by atomic mass is 10.1. The summed E-state index contributed by atoms with van der Waals surface area (Å²) in [6.07, 6.45) is 0. The summed E-state index contributed by atoms with van der Waals surface area (Å²) in [6.45, 7) is 2.00. The Labute approximate surface area is 99.4 Å². The number of hydrogen-bond acceptors (Lipinski definition) is 4. The SMILES string of the molecule is CN1CCN2C(c3ccccc3)=CSC2=N1. The van der Waals surface area contributed by atoms with Gasteiger partial charge in [-0.05, 0) is 5.56 Å². The first kappa shape index (κ1) is 9.78. The molecule has 0 bridgehead atoms. The number of benzene rings is 1. The molecule has 3 nitrogen and oxygen atoms in total. The van der Waals surface area contributed by atoms with Crippen molar-refractivity contribution >= 4 is 22.6 Å². The average Bonchev–Trinajstić information content (AvgIpc) is 2.73. The van der Waals surface area contributed by atoms with Gasteiger partial charge in [0.05, 0.1) is 12.2 Å². The van der Waals surface area contributed by atoms with Crippen LogP contribution < -0.4 is 0 Å². The van der Waals surface area contributed by atoms with Crippen molar-refractivity contribution in [2.75, 3.05) is 20.1 Å². The minimum Gasteiger partial charge on any atom is -0.316 e. The Hall–Kier alpha value is -1.42. The number of nitrogens with zero attached hydrogens (tertiary/aromatic N) is 3. The highest BCUT2D eigenvalue weighted by Crippen LogP contribution is 2.34. The number of amidine groups is 1. The van der Waals surface area contributed by atoms with Gasteiger partial charge in [0.1, 0.15) is 0 Å². The van der Waals surface area contributed by atoms with Crippen molar-refractivity contribution in [3.05, 3.63) is 41.3 Å². The van der Waals surface area contributed by atoms with Crippen molar-refractivity contribution < 1.29 is 0 Å². The Bertz CT molecular complexity index is 453. The van der Waals surface area contributed by atoms with E-state index in [1.54, 1.807) is 11.8 Å². The number of fused-ring (bicyclic) bond motifs is 1. The first-order chi connectivity index (χ1) is 7.84. The molecule has 16 heavy (non-hydrogen) atoms. The molecule has 1 aromatic carbocycles. The summed E-state index contributed by atoms with van der Waals surface area (Å²) in [6, 6.07) is 10.5. The van der Waals surface area contributed by atoms with Crippen molar-refractivity contribution in [1.82, 2.24) is 9.91 Å². The standard InChI is InChI=1S/C12H13N3S/c1-14-7-8-15-11(9-16-12(15)13-14)10-5-3-2-4-6-10/h2-6,9H,7-8H2,1H3. The number of hydrazone groups is 1. The molecule has 4 heteroatoms. The molecule has 0 unspecified atom stereocenters. The molecule has 0 saturated carbocycles. The average molecular weight is 231 g/mol. The van der Waals surface area contributed by atoms with E-state index in [0.717, 1.165) is 18.3 Å². The van der Waals surface area contributed by atoms with E-state index in [2.05, 4.69) is 39.7 Å². The first-order valence-electron chi connectivity index (χ1n) is 5.34. The summed E-state index contributed by atoms with van der Waals surface area (Å²) in [7, 11) is 2.02. The predicted octanol–water partition coefficient (Wildman–Crippen LogP) is 2.25. The van der Waals surface area contributed by atoms with Crippen LogP contribution in [0, 0.1) is 0 Å². The number of likely N-dealkylation sites (N-methyl/N-ethyl adjacent to an activating group) is 1. The molecule has 2 aliphatic rings. The Morgan fingerprint density at radius 1 is 1.19 bits per heavy atom. The van der Waals surface area contributed by atoms with Crippen LogP contribution in [0.1, 0.15) is 5.56 Å². The lowest BCUT2D eigenvalue weighted by Crippen LogP contribution is -2.37. The van der Waals surface area contributed by atoms with E-state index in [-0.39, 0.29) is 0 Å². The van der Waals surface area contributed by atoms with E-state index in [1.165, 1.54) is 11.3 Å². The van der Waals surface area contributed by atoms with E-state index in [1.807, 2.05) is 18.1 Å². The molecule has 0 spiro atoms. The maximum Gasteiger partial charge on any atom is 0.192 e. The Kier molecular flexibility index (Phi) is 2.36. The van der Waals surface area contributed by atoms with E-state index in [0.29, 0.717) is 0 Å². The van der Waals surface area contributed by atoms with Crippen molar-refractivity contribution in [3.63, 3.8) is 0 Å². The number of rotatable bonds is 1. The maximum absolute atomic E-state index is 4.51. The van der Waals surface area contributed by atoms with Crippen LogP contribution in [0.4, 0.5) is 0 Å². The van der Waals surface area contributed by atoms with Gasteiger partial charge in [0.15, 0.2) is 5.17 Å². The van der Waals surface area contributed by atoms with Gasteiger partial charge in [-0.3, -0.25) is 5.01 Å². The van der Waals surface area contributed by atoms with Crippen molar-refractivity contribution in [3.8, 4) is 0 Å². The smallest absolute Gasteiger partial charge is 0.192 e. The zero-order valence-electron chi connectivity index (χ0n) is 9.13. The molecule has 0 atom stereocenters. The molecule has 0 fully saturated rings. The molecule has 82 valence electrons. The second-order valence-electron chi connectivity index (χ2n) is 3.90. The van der Waals surface area contributed by atoms with Crippen molar-refractivity contribution in [2.24, 2.45) is 5.10 Å². The van der Waals surface area contributed by atoms with Crippen LogP contribution in [0.5, 0.6) is 0 Å². The molecule has 3 rings (SSSR count). The van der Waals surface area contributed by atoms with E-state index in [4.69, 9.17) is 0 Å². The maximum atomic E-state index is 4.51. The van der Waals surface area contributed by atoms with Crippen LogP contribution >= 0.6 is 11.8 Å². The molecule has 1 aromatic rings. The second-order valence-corrected chi connectivity index (χ2v) is 4.74. The molecule has 2 aliphatic heterocycles. The minimum atomic E-state index is 0.980. The third-order valence-electron chi connectivity index (χ3n) is 2.77. The fourth-order valence-corrected chi connectivity index (χ4v) is 2.89. The van der Waals surface area contributed by atoms with Crippen LogP contribution in [0.15, 0.2) is 40.8 Å². The van der Waals surface area contributed by atoms with Gasteiger partial charge in [-0.1, -0.05) is 42.1 Å². The van der Waals surface area contributed by atoms with Crippen LogP contribution in [-0.2, 0) is 0 Å². The Morgan fingerprint density at radius 2 is 2.00 bits per heavy atom. The highest BCUT2D eigenvalue weighted by atomic mass is 32.2. The summed E-state index contributed by atoms with van der Waals surface area (Å²) in [5, 5.41) is 9.79. The van der Waals surface area contributed by atoms with Gasteiger partial charge in [0, 0.05) is 19.0 Å². The highest BCUT2D eigenvalue weighted by molar-refractivity contribution is 8.16. The third-order valence-corrected chi connectivity index (χ3v) is 3.62. The van der Waals surface area contributed by atoms with Crippen LogP contribution in [0.25, 0.3) is 5.70 Å². The summed E-state index contributed by atoms with van der Waals surface area (Å²) < 4.78 is 0. The molecule has 2 heterocycles. The second kappa shape index (κ2) is 3.87. The predicted molar refractivity (Wildman–Crippen MR) is 68.8 cm³/mol. The van der Waals surface area contributed by atoms with Gasteiger partial charge in [-0.25, -0.2) is 0 Å². The first-order valence-corrected chi connectivity index (χ1v) is 6.22. The van der Waals surface area contributed by atoms with Gasteiger partial charge in [-0.15, -0.1) is 0 Å². The molecule has 0 aliphatic carbocycles. The Morgan fingerprint density at radius 3 is 2.81 bits per heavy atom. The van der Waals surface area contributed by atoms with Gasteiger partial charge >= 0.3 is 0 Å². The molecule has 0 amide bonds. The Balaban J connectivity index is 1.93. The summed E-state index contributed by atoms with van der Waals surface area (Å²) in [4.78, 5) is 2.29. The third kappa shape index (κ3) is 1.59. The molecule has 0 aromatic heterocycles. The van der Waals surface area contributed by atoms with Gasteiger partial charge in [-0.2, -0.15) is 5.10 Å². The quantitative estimate of drug-likeness (QED) is 0.738. The summed E-state index contributed by atoms with van der Waals surface area (Å²) >= 11 is 1.71. The van der Waals surface area contributed by atoms with Crippen molar-refractivity contribution in [2.45, 2.75) is 0 Å². The highest BCUT2D eigenvalue weighted by Gasteiger charge is 2.27. The molecule has 0 N–H and O–H groups in total. The molecular formula is C12H13N3S. The van der Waals surface area contributed by atoms with Gasteiger partial charge in [0.2, 0.25) is 0 Å². The van der Waals surface area contributed by atoms with Crippen LogP contribution in [0.3, 0.4) is 0 Å². The number of thioether (sulfide) groups is 1. The van der Waals surface area contributed by atoms with Gasteiger partial charge < -0.3 is 4.90 Å². The lowest BCUT2D eigenvalue weighted by Gasteiger charge is -2.29. The van der Waals surface area contributed by atoms with Crippen LogP contribution in [0.2, 0.25) is 0 Å². The zero-order valence-corrected chi connectivity index (χ0v) is 9.94. The van der Waals surface area contributed by atoms with Crippen LogP contribution in [-0.4, -0.2) is 35.2 Å². The fraction of sp³-hybridized carbons (Fsp3) is 0.250. The minimum absolute atomic E-state index is 0.980. The molecule has 0 radical (unpaired) electrons. The summed E-state index contributed by atoms with van der Waals surface area (Å²) in [5.41, 5.74) is 2.54. The lowest BCUT2D eigenvalue weighted by molar-refractivity contribution is 0.303. The largest absolute Gasteiger partial charge is 0.316 e. The zero-order chi connectivity index (χ0) is 11.0.